The molecule has 0 radical (unpaired) electrons. The fraction of sp³-hybridized carbons (Fsp3) is 0. The Morgan fingerprint density at radius 3 is 1.38 bits per heavy atom. The molecule has 1 aliphatic rings. The van der Waals surface area contributed by atoms with Crippen molar-refractivity contribution in [3.8, 4) is 44.5 Å². The molecule has 0 N–H and O–H groups in total. The molecule has 0 aliphatic heterocycles. The lowest BCUT2D eigenvalue weighted by molar-refractivity contribution is 1.31. The summed E-state index contributed by atoms with van der Waals surface area (Å²) in [5.74, 6) is 0. The molecule has 0 saturated heterocycles. The van der Waals surface area contributed by atoms with Gasteiger partial charge in [0.05, 0.1) is 5.69 Å². The van der Waals surface area contributed by atoms with Gasteiger partial charge in [0.2, 0.25) is 0 Å². The minimum Gasteiger partial charge on any atom is -0.309 e. The molecule has 0 amide bonds. The third-order valence-corrected chi connectivity index (χ3v) is 11.1. The van der Waals surface area contributed by atoms with Crippen LogP contribution < -0.4 is 4.90 Å². The number of hydrogen-bond acceptors (Lipinski definition) is 1. The largest absolute Gasteiger partial charge is 0.309 e. The van der Waals surface area contributed by atoms with E-state index in [1.54, 1.807) is 0 Å². The molecule has 53 heavy (non-hydrogen) atoms. The maximum Gasteiger partial charge on any atom is 0.0624 e. The summed E-state index contributed by atoms with van der Waals surface area (Å²) in [6.45, 7) is 0. The van der Waals surface area contributed by atoms with Gasteiger partial charge in [-0.25, -0.2) is 0 Å². The van der Waals surface area contributed by atoms with Crippen molar-refractivity contribution in [2.75, 3.05) is 4.90 Å². The van der Waals surface area contributed by atoms with Crippen LogP contribution in [-0.2, 0) is 0 Å². The van der Waals surface area contributed by atoms with E-state index >= 15 is 0 Å². The Labute approximate surface area is 308 Å². The number of fused-ring (bicyclic) bond motifs is 9. The first-order valence-electron chi connectivity index (χ1n) is 18.3. The summed E-state index contributed by atoms with van der Waals surface area (Å²) in [6, 6.07) is 73.5. The van der Waals surface area contributed by atoms with Crippen LogP contribution in [0.4, 0.5) is 17.1 Å². The van der Waals surface area contributed by atoms with E-state index in [9.17, 15) is 0 Å². The first-order valence-corrected chi connectivity index (χ1v) is 18.3. The molecule has 0 bridgehead atoms. The van der Waals surface area contributed by atoms with E-state index < -0.39 is 0 Å². The zero-order valence-corrected chi connectivity index (χ0v) is 29.0. The van der Waals surface area contributed by atoms with E-state index in [2.05, 4.69) is 205 Å². The lowest BCUT2D eigenvalue weighted by atomic mass is 9.77. The summed E-state index contributed by atoms with van der Waals surface area (Å²) in [5.41, 5.74) is 13.7. The molecule has 1 aliphatic carbocycles. The van der Waals surface area contributed by atoms with Crippen molar-refractivity contribution in [3.05, 3.63) is 200 Å². The second kappa shape index (κ2) is 11.8. The molecule has 1 nitrogen and oxygen atoms in total. The normalized spacial score (nSPS) is 11.8. The predicted octanol–water partition coefficient (Wildman–Crippen LogP) is 14.8. The van der Waals surface area contributed by atoms with Crippen LogP contribution in [0, 0.1) is 0 Å². The minimum atomic E-state index is 1.12. The summed E-state index contributed by atoms with van der Waals surface area (Å²) < 4.78 is 0. The van der Waals surface area contributed by atoms with Crippen LogP contribution in [0.2, 0.25) is 0 Å². The number of hydrogen-bond donors (Lipinski definition) is 0. The van der Waals surface area contributed by atoms with Crippen LogP contribution in [0.1, 0.15) is 0 Å². The first kappa shape index (κ1) is 29.7. The molecule has 0 fully saturated rings. The predicted molar refractivity (Wildman–Crippen MR) is 226 cm³/mol. The zero-order valence-electron chi connectivity index (χ0n) is 29.0. The molecule has 1 heteroatoms. The third-order valence-electron chi connectivity index (χ3n) is 11.1. The lowest BCUT2D eigenvalue weighted by Crippen LogP contribution is -2.12. The second-order valence-corrected chi connectivity index (χ2v) is 14.1. The van der Waals surface area contributed by atoms with Crippen LogP contribution in [0.3, 0.4) is 0 Å². The molecule has 10 aromatic rings. The Morgan fingerprint density at radius 1 is 0.264 bits per heavy atom. The van der Waals surface area contributed by atoms with Crippen molar-refractivity contribution >= 4 is 60.2 Å². The Balaban J connectivity index is 1.12. The van der Waals surface area contributed by atoms with Crippen LogP contribution in [-0.4, -0.2) is 0 Å². The smallest absolute Gasteiger partial charge is 0.0624 e. The average Bonchev–Trinajstić information content (AvgIpc) is 3.23. The lowest BCUT2D eigenvalue weighted by Gasteiger charge is -2.31. The van der Waals surface area contributed by atoms with Crippen LogP contribution in [0.5, 0.6) is 0 Å². The van der Waals surface area contributed by atoms with Gasteiger partial charge in [0.1, 0.15) is 0 Å². The summed E-state index contributed by atoms with van der Waals surface area (Å²) in [6.07, 6.45) is 0. The van der Waals surface area contributed by atoms with E-state index in [0.717, 1.165) is 11.4 Å². The molecule has 246 valence electrons. The molecule has 10 aromatic carbocycles. The molecule has 0 spiro atoms. The summed E-state index contributed by atoms with van der Waals surface area (Å²) >= 11 is 0. The average molecular weight is 672 g/mol. The molecule has 0 aromatic heterocycles. The van der Waals surface area contributed by atoms with Crippen LogP contribution >= 0.6 is 0 Å². The standard InChI is InChI=1S/C52H33N/c1-4-14-34(15-5-1)36-24-25-37-30-47-48-31-38-26-27-42(29-40(38)33-50(48)49(47)32-39(37)28-36)53(41-18-8-3-9-19-41)52-46-23-13-11-21-44(46)43-20-10-12-22-45(43)51(52)35-16-6-2-7-17-35/h1-33H. The summed E-state index contributed by atoms with van der Waals surface area (Å²) in [4.78, 5) is 2.47. The monoisotopic (exact) mass is 671 g/mol. The number of anilines is 3. The molecule has 11 rings (SSSR count). The van der Waals surface area contributed by atoms with Crippen molar-refractivity contribution in [2.45, 2.75) is 0 Å². The van der Waals surface area contributed by atoms with Gasteiger partial charge >= 0.3 is 0 Å². The van der Waals surface area contributed by atoms with Crippen molar-refractivity contribution in [3.63, 3.8) is 0 Å². The number of rotatable bonds is 5. The Bertz CT molecular complexity index is 3040. The number of nitrogens with zero attached hydrogens (tertiary/aromatic N) is 1. The molecule has 0 unspecified atom stereocenters. The van der Waals surface area contributed by atoms with Gasteiger partial charge in [-0.3, -0.25) is 0 Å². The molecule has 0 saturated carbocycles. The van der Waals surface area contributed by atoms with Gasteiger partial charge in [-0.05, 0) is 131 Å². The minimum absolute atomic E-state index is 1.12. The summed E-state index contributed by atoms with van der Waals surface area (Å²) in [5, 5.41) is 10.0. The quantitative estimate of drug-likeness (QED) is 0.165. The van der Waals surface area contributed by atoms with Gasteiger partial charge in [-0.15, -0.1) is 0 Å². The third kappa shape index (κ3) is 4.71. The van der Waals surface area contributed by atoms with Crippen molar-refractivity contribution in [2.24, 2.45) is 0 Å². The van der Waals surface area contributed by atoms with E-state index in [4.69, 9.17) is 0 Å². The van der Waals surface area contributed by atoms with Gasteiger partial charge in [0.25, 0.3) is 0 Å². The highest BCUT2D eigenvalue weighted by molar-refractivity contribution is 6.22. The number of benzene rings is 10. The molecular weight excluding hydrogens is 639 g/mol. The van der Waals surface area contributed by atoms with E-state index in [1.807, 2.05) is 0 Å². The zero-order chi connectivity index (χ0) is 34.9. The molecular formula is C52H33N. The van der Waals surface area contributed by atoms with Crippen LogP contribution in [0.15, 0.2) is 200 Å². The first-order chi connectivity index (χ1) is 26.3. The second-order valence-electron chi connectivity index (χ2n) is 14.1. The highest BCUT2D eigenvalue weighted by Crippen LogP contribution is 2.52. The van der Waals surface area contributed by atoms with E-state index in [0.29, 0.717) is 0 Å². The maximum absolute atomic E-state index is 2.47. The van der Waals surface area contributed by atoms with Crippen molar-refractivity contribution in [1.82, 2.24) is 0 Å². The number of para-hydroxylation sites is 1. The fourth-order valence-electron chi connectivity index (χ4n) is 8.60. The van der Waals surface area contributed by atoms with E-state index in [1.165, 1.54) is 93.3 Å². The molecule has 0 atom stereocenters. The fourth-order valence-corrected chi connectivity index (χ4v) is 8.60. The van der Waals surface area contributed by atoms with E-state index in [-0.39, 0.29) is 0 Å². The Morgan fingerprint density at radius 2 is 0.736 bits per heavy atom. The maximum atomic E-state index is 2.47. The van der Waals surface area contributed by atoms with Gasteiger partial charge in [0, 0.05) is 22.3 Å². The highest BCUT2D eigenvalue weighted by atomic mass is 15.1. The van der Waals surface area contributed by atoms with Crippen molar-refractivity contribution in [1.29, 1.82) is 0 Å². The Kier molecular flexibility index (Phi) is 6.62. The molecule has 0 heterocycles. The highest BCUT2D eigenvalue weighted by Gasteiger charge is 2.26. The topological polar surface area (TPSA) is 3.24 Å². The summed E-state index contributed by atoms with van der Waals surface area (Å²) in [7, 11) is 0. The van der Waals surface area contributed by atoms with Gasteiger partial charge in [-0.2, -0.15) is 0 Å². The Hall–Kier alpha value is -6.96. The van der Waals surface area contributed by atoms with Crippen molar-refractivity contribution < 1.29 is 0 Å². The van der Waals surface area contributed by atoms with Crippen LogP contribution in [0.25, 0.3) is 87.6 Å². The van der Waals surface area contributed by atoms with Gasteiger partial charge in [0.15, 0.2) is 0 Å². The van der Waals surface area contributed by atoms with Gasteiger partial charge in [-0.1, -0.05) is 146 Å². The SMILES string of the molecule is c1ccc(-c2ccc3cc4c(cc3c2)-c2cc3cc(N(c5ccccc5)c5c(-c6ccccc6)c6ccccc6c6ccccc56)ccc3cc2-4)cc1. The van der Waals surface area contributed by atoms with Gasteiger partial charge < -0.3 is 4.90 Å².